The number of carbonyl (C=O) groups is 1. The van der Waals surface area contributed by atoms with E-state index in [4.69, 9.17) is 0 Å². The smallest absolute Gasteiger partial charge is 0.254 e. The number of hydrogen-bond acceptors (Lipinski definition) is 3. The van der Waals surface area contributed by atoms with Crippen molar-refractivity contribution in [1.82, 2.24) is 9.62 Å². The fourth-order valence-electron chi connectivity index (χ4n) is 2.15. The second-order valence-electron chi connectivity index (χ2n) is 4.64. The Morgan fingerprint density at radius 2 is 2.21 bits per heavy atom. The molecule has 1 aromatic rings. The predicted octanol–water partition coefficient (Wildman–Crippen LogP) is 0.589. The Hall–Kier alpha value is -1.47. The minimum Gasteiger partial charge on any atom is -0.337 e. The van der Waals surface area contributed by atoms with E-state index in [2.05, 4.69) is 4.72 Å². The maximum atomic E-state index is 13.1. The standard InChI is InChI=1S/C12H15FN2O3S/c1-19(17,18)14-11-5-6-15(8-11)12(16)9-3-2-4-10(13)7-9/h2-4,7,11,14H,5-6,8H2,1H3/t11-/m0/s1. The molecule has 1 fully saturated rings. The lowest BCUT2D eigenvalue weighted by molar-refractivity contribution is 0.0789. The number of amides is 1. The second-order valence-corrected chi connectivity index (χ2v) is 6.42. The first-order valence-electron chi connectivity index (χ1n) is 5.87. The zero-order chi connectivity index (χ0) is 14.0. The highest BCUT2D eigenvalue weighted by Gasteiger charge is 2.28. The van der Waals surface area contributed by atoms with Crippen LogP contribution in [-0.2, 0) is 10.0 Å². The van der Waals surface area contributed by atoms with Crippen molar-refractivity contribution in [2.24, 2.45) is 0 Å². The average molecular weight is 286 g/mol. The van der Waals surface area contributed by atoms with E-state index in [1.54, 1.807) is 6.07 Å². The van der Waals surface area contributed by atoms with Crippen LogP contribution in [0.15, 0.2) is 24.3 Å². The van der Waals surface area contributed by atoms with E-state index in [0.717, 1.165) is 6.26 Å². The van der Waals surface area contributed by atoms with Crippen LogP contribution in [0, 0.1) is 5.82 Å². The molecule has 2 rings (SSSR count). The van der Waals surface area contributed by atoms with E-state index >= 15 is 0 Å². The Balaban J connectivity index is 2.03. The Labute approximate surface area is 111 Å². The van der Waals surface area contributed by atoms with Crippen molar-refractivity contribution in [1.29, 1.82) is 0 Å². The summed E-state index contributed by atoms with van der Waals surface area (Å²) >= 11 is 0. The van der Waals surface area contributed by atoms with Gasteiger partial charge in [0, 0.05) is 24.7 Å². The van der Waals surface area contributed by atoms with Gasteiger partial charge in [0.05, 0.1) is 6.26 Å². The van der Waals surface area contributed by atoms with Gasteiger partial charge < -0.3 is 4.90 Å². The summed E-state index contributed by atoms with van der Waals surface area (Å²) in [4.78, 5) is 13.6. The van der Waals surface area contributed by atoms with Gasteiger partial charge in [0.2, 0.25) is 10.0 Å². The van der Waals surface area contributed by atoms with Crippen molar-refractivity contribution in [2.45, 2.75) is 12.5 Å². The van der Waals surface area contributed by atoms with Crippen molar-refractivity contribution < 1.29 is 17.6 Å². The molecule has 1 atom stereocenters. The van der Waals surface area contributed by atoms with Crippen LogP contribution >= 0.6 is 0 Å². The van der Waals surface area contributed by atoms with Crippen LogP contribution in [0.1, 0.15) is 16.8 Å². The van der Waals surface area contributed by atoms with Crippen molar-refractivity contribution in [3.63, 3.8) is 0 Å². The Bertz CT molecular complexity index is 588. The highest BCUT2D eigenvalue weighted by Crippen LogP contribution is 2.14. The van der Waals surface area contributed by atoms with Gasteiger partial charge in [-0.15, -0.1) is 0 Å². The first-order chi connectivity index (χ1) is 8.85. The normalized spacial score (nSPS) is 19.7. The molecular formula is C12H15FN2O3S. The van der Waals surface area contributed by atoms with Crippen LogP contribution in [-0.4, -0.2) is 44.6 Å². The van der Waals surface area contributed by atoms with E-state index in [-0.39, 0.29) is 17.5 Å². The van der Waals surface area contributed by atoms with Crippen molar-refractivity contribution in [3.05, 3.63) is 35.6 Å². The molecule has 0 aromatic heterocycles. The number of nitrogens with zero attached hydrogens (tertiary/aromatic N) is 1. The summed E-state index contributed by atoms with van der Waals surface area (Å²) in [7, 11) is -3.28. The lowest BCUT2D eigenvalue weighted by Crippen LogP contribution is -2.37. The third-order valence-corrected chi connectivity index (χ3v) is 3.69. The van der Waals surface area contributed by atoms with Gasteiger partial charge in [0.15, 0.2) is 0 Å². The molecule has 104 valence electrons. The SMILES string of the molecule is CS(=O)(=O)N[C@H]1CCN(C(=O)c2cccc(F)c2)C1. The third kappa shape index (κ3) is 3.74. The molecule has 19 heavy (non-hydrogen) atoms. The minimum atomic E-state index is -3.28. The summed E-state index contributed by atoms with van der Waals surface area (Å²) in [5.74, 6) is -0.742. The lowest BCUT2D eigenvalue weighted by Gasteiger charge is -2.16. The van der Waals surface area contributed by atoms with E-state index in [9.17, 15) is 17.6 Å². The first-order valence-corrected chi connectivity index (χ1v) is 7.76. The molecule has 0 bridgehead atoms. The third-order valence-electron chi connectivity index (χ3n) is 2.93. The molecular weight excluding hydrogens is 271 g/mol. The summed E-state index contributed by atoms with van der Waals surface area (Å²) in [6.07, 6.45) is 1.65. The van der Waals surface area contributed by atoms with Crippen molar-refractivity contribution in [2.75, 3.05) is 19.3 Å². The van der Waals surface area contributed by atoms with Crippen LogP contribution in [0.3, 0.4) is 0 Å². The molecule has 1 N–H and O–H groups in total. The molecule has 7 heteroatoms. The van der Waals surface area contributed by atoms with E-state index in [1.807, 2.05) is 0 Å². The van der Waals surface area contributed by atoms with E-state index < -0.39 is 15.8 Å². The highest BCUT2D eigenvalue weighted by atomic mass is 32.2. The van der Waals surface area contributed by atoms with Gasteiger partial charge in [-0.2, -0.15) is 0 Å². The zero-order valence-electron chi connectivity index (χ0n) is 10.5. The zero-order valence-corrected chi connectivity index (χ0v) is 11.3. The van der Waals surface area contributed by atoms with Crippen LogP contribution in [0.2, 0.25) is 0 Å². The van der Waals surface area contributed by atoms with Gasteiger partial charge in [-0.25, -0.2) is 17.5 Å². The van der Waals surface area contributed by atoms with Crippen molar-refractivity contribution >= 4 is 15.9 Å². The largest absolute Gasteiger partial charge is 0.337 e. The van der Waals surface area contributed by atoms with Crippen molar-refractivity contribution in [3.8, 4) is 0 Å². The molecule has 0 spiro atoms. The van der Waals surface area contributed by atoms with Crippen LogP contribution < -0.4 is 4.72 Å². The van der Waals surface area contributed by atoms with E-state index in [0.29, 0.717) is 19.5 Å². The highest BCUT2D eigenvalue weighted by molar-refractivity contribution is 7.88. The molecule has 5 nitrogen and oxygen atoms in total. The van der Waals surface area contributed by atoms with E-state index in [1.165, 1.54) is 23.1 Å². The summed E-state index contributed by atoms with van der Waals surface area (Å²) in [5, 5.41) is 0. The molecule has 1 heterocycles. The number of halogens is 1. The second kappa shape index (κ2) is 5.26. The lowest BCUT2D eigenvalue weighted by atomic mass is 10.2. The number of carbonyl (C=O) groups excluding carboxylic acids is 1. The number of sulfonamides is 1. The molecule has 0 aliphatic carbocycles. The van der Waals surface area contributed by atoms with Gasteiger partial charge in [0.1, 0.15) is 5.82 Å². The topological polar surface area (TPSA) is 66.5 Å². The molecule has 0 unspecified atom stereocenters. The summed E-state index contributed by atoms with van der Waals surface area (Å²) < 4.78 is 37.7. The Kier molecular flexibility index (Phi) is 3.86. The summed E-state index contributed by atoms with van der Waals surface area (Å²) in [6, 6.07) is 5.20. The maximum Gasteiger partial charge on any atom is 0.254 e. The number of benzene rings is 1. The van der Waals surface area contributed by atoms with Crippen LogP contribution in [0.5, 0.6) is 0 Å². The van der Waals surface area contributed by atoms with Gasteiger partial charge in [-0.1, -0.05) is 6.07 Å². The number of hydrogen-bond donors (Lipinski definition) is 1. The summed E-state index contributed by atoms with van der Waals surface area (Å²) in [5.41, 5.74) is 0.278. The van der Waals surface area contributed by atoms with Gasteiger partial charge in [0.25, 0.3) is 5.91 Å². The Morgan fingerprint density at radius 3 is 2.84 bits per heavy atom. The number of nitrogens with one attached hydrogen (secondary N) is 1. The van der Waals surface area contributed by atoms with Crippen LogP contribution in [0.4, 0.5) is 4.39 Å². The maximum absolute atomic E-state index is 13.1. The predicted molar refractivity (Wildman–Crippen MR) is 68.7 cm³/mol. The summed E-state index contributed by atoms with van der Waals surface area (Å²) in [6.45, 7) is 0.769. The number of likely N-dealkylation sites (tertiary alicyclic amines) is 1. The molecule has 0 radical (unpaired) electrons. The van der Waals surface area contributed by atoms with Gasteiger partial charge in [-0.3, -0.25) is 4.79 Å². The average Bonchev–Trinajstić information content (AvgIpc) is 2.74. The molecule has 1 aliphatic rings. The molecule has 1 aromatic carbocycles. The molecule has 1 saturated heterocycles. The number of rotatable bonds is 3. The minimum absolute atomic E-state index is 0.271. The first kappa shape index (κ1) is 14.0. The monoisotopic (exact) mass is 286 g/mol. The van der Waals surface area contributed by atoms with Gasteiger partial charge >= 0.3 is 0 Å². The molecule has 1 aliphatic heterocycles. The van der Waals surface area contributed by atoms with Crippen LogP contribution in [0.25, 0.3) is 0 Å². The fourth-order valence-corrected chi connectivity index (χ4v) is 2.95. The fraction of sp³-hybridized carbons (Fsp3) is 0.417. The molecule has 1 amide bonds. The molecule has 0 saturated carbocycles. The Morgan fingerprint density at radius 1 is 1.47 bits per heavy atom. The van der Waals surface area contributed by atoms with Gasteiger partial charge in [-0.05, 0) is 24.6 Å². The quantitative estimate of drug-likeness (QED) is 0.884.